The summed E-state index contributed by atoms with van der Waals surface area (Å²) < 4.78 is 5.31. The molecule has 1 rings (SSSR count). The second-order valence-corrected chi connectivity index (χ2v) is 3.68. The van der Waals surface area contributed by atoms with Crippen LogP contribution in [0.1, 0.15) is 30.9 Å². The molecule has 0 amide bonds. The highest BCUT2D eigenvalue weighted by Gasteiger charge is 2.13. The van der Waals surface area contributed by atoms with Crippen LogP contribution in [0.25, 0.3) is 0 Å². The predicted octanol–water partition coefficient (Wildman–Crippen LogP) is 2.71. The van der Waals surface area contributed by atoms with E-state index < -0.39 is 0 Å². The number of pyridine rings is 1. The lowest BCUT2D eigenvalue weighted by molar-refractivity contribution is 0.395. The molecule has 0 aliphatic carbocycles. The Labute approximate surface area is 97.5 Å². The first-order chi connectivity index (χ1) is 7.83. The Bertz CT molecular complexity index is 325. The molecule has 0 aliphatic heterocycles. The number of hydrogen-bond acceptors (Lipinski definition) is 3. The Balaban J connectivity index is 2.73. The van der Waals surface area contributed by atoms with Crippen LogP contribution in [0.2, 0.25) is 0 Å². The third kappa shape index (κ3) is 3.35. The second kappa shape index (κ2) is 7.01. The van der Waals surface area contributed by atoms with Crippen LogP contribution in [0, 0.1) is 0 Å². The molecule has 0 radical (unpaired) electrons. The minimum atomic E-state index is 0.317. The smallest absolute Gasteiger partial charge is 0.141 e. The first-order valence-corrected chi connectivity index (χ1v) is 5.59. The van der Waals surface area contributed by atoms with Crippen LogP contribution < -0.4 is 10.1 Å². The highest BCUT2D eigenvalue weighted by molar-refractivity contribution is 5.32. The van der Waals surface area contributed by atoms with Crippen molar-refractivity contribution < 1.29 is 4.74 Å². The van der Waals surface area contributed by atoms with Crippen LogP contribution in [0.3, 0.4) is 0 Å². The van der Waals surface area contributed by atoms with Crippen molar-refractivity contribution in [1.29, 1.82) is 0 Å². The number of hydrogen-bond donors (Lipinski definition) is 1. The lowest BCUT2D eigenvalue weighted by Crippen LogP contribution is -2.17. The van der Waals surface area contributed by atoms with Crippen LogP contribution in [0.5, 0.6) is 5.75 Å². The molecular formula is C13H20N2O. The van der Waals surface area contributed by atoms with E-state index >= 15 is 0 Å². The number of allylic oxidation sites excluding steroid dienone is 1. The Kier molecular flexibility index (Phi) is 5.57. The Morgan fingerprint density at radius 3 is 3.06 bits per heavy atom. The fraction of sp³-hybridized carbons (Fsp3) is 0.462. The van der Waals surface area contributed by atoms with Gasteiger partial charge in [-0.25, -0.2) is 0 Å². The van der Waals surface area contributed by atoms with Crippen LogP contribution >= 0.6 is 0 Å². The molecule has 0 aromatic carbocycles. The van der Waals surface area contributed by atoms with Crippen molar-refractivity contribution in [2.45, 2.75) is 25.3 Å². The molecule has 0 bridgehead atoms. The van der Waals surface area contributed by atoms with Gasteiger partial charge >= 0.3 is 0 Å². The first-order valence-electron chi connectivity index (χ1n) is 5.59. The van der Waals surface area contributed by atoms with Gasteiger partial charge < -0.3 is 10.1 Å². The topological polar surface area (TPSA) is 34.2 Å². The van der Waals surface area contributed by atoms with Gasteiger partial charge in [0.1, 0.15) is 5.75 Å². The van der Waals surface area contributed by atoms with Crippen LogP contribution in [-0.4, -0.2) is 19.1 Å². The van der Waals surface area contributed by atoms with E-state index in [4.69, 9.17) is 4.74 Å². The maximum absolute atomic E-state index is 5.31. The number of aromatic nitrogens is 1. The molecular weight excluding hydrogens is 200 g/mol. The maximum Gasteiger partial charge on any atom is 0.141 e. The molecule has 0 saturated carbocycles. The second-order valence-electron chi connectivity index (χ2n) is 3.68. The summed E-state index contributed by atoms with van der Waals surface area (Å²) >= 11 is 0. The summed E-state index contributed by atoms with van der Waals surface area (Å²) in [5.74, 6) is 0.848. The number of ether oxygens (including phenoxy) is 1. The summed E-state index contributed by atoms with van der Waals surface area (Å²) in [5, 5.41) is 3.31. The molecule has 0 aliphatic rings. The first kappa shape index (κ1) is 12.7. The largest absolute Gasteiger partial charge is 0.495 e. The highest BCUT2D eigenvalue weighted by atomic mass is 16.5. The number of rotatable bonds is 7. The quantitative estimate of drug-likeness (QED) is 0.566. The Morgan fingerprint density at radius 1 is 1.62 bits per heavy atom. The van der Waals surface area contributed by atoms with E-state index in [0.29, 0.717) is 6.04 Å². The summed E-state index contributed by atoms with van der Waals surface area (Å²) in [6.45, 7) is 3.73. The van der Waals surface area contributed by atoms with Gasteiger partial charge in [-0.05, 0) is 32.4 Å². The third-order valence-electron chi connectivity index (χ3n) is 2.66. The van der Waals surface area contributed by atoms with E-state index in [9.17, 15) is 0 Å². The lowest BCUT2D eigenvalue weighted by Gasteiger charge is -2.18. The van der Waals surface area contributed by atoms with Gasteiger partial charge in [0, 0.05) is 17.8 Å². The van der Waals surface area contributed by atoms with Crippen LogP contribution in [-0.2, 0) is 0 Å². The summed E-state index contributed by atoms with van der Waals surface area (Å²) in [7, 11) is 3.65. The van der Waals surface area contributed by atoms with Crippen molar-refractivity contribution in [3.63, 3.8) is 0 Å². The molecule has 16 heavy (non-hydrogen) atoms. The number of nitrogens with zero attached hydrogens (tertiary/aromatic N) is 1. The molecule has 1 aromatic rings. The van der Waals surface area contributed by atoms with Gasteiger partial charge in [-0.1, -0.05) is 6.08 Å². The standard InChI is InChI=1S/C13H20N2O/c1-4-5-6-7-12(14-2)11-8-9-15-10-13(11)16-3/h4,8-10,12,14H,1,5-7H2,2-3H3. The fourth-order valence-electron chi connectivity index (χ4n) is 1.77. The van der Waals surface area contributed by atoms with Crippen LogP contribution in [0.4, 0.5) is 0 Å². The normalized spacial score (nSPS) is 12.1. The third-order valence-corrected chi connectivity index (χ3v) is 2.66. The molecule has 1 N–H and O–H groups in total. The minimum Gasteiger partial charge on any atom is -0.495 e. The maximum atomic E-state index is 5.31. The van der Waals surface area contributed by atoms with Crippen molar-refractivity contribution in [2.75, 3.05) is 14.2 Å². The molecule has 1 atom stereocenters. The van der Waals surface area contributed by atoms with E-state index in [2.05, 4.69) is 16.9 Å². The molecule has 3 heteroatoms. The van der Waals surface area contributed by atoms with Crippen molar-refractivity contribution in [3.05, 3.63) is 36.7 Å². The van der Waals surface area contributed by atoms with Gasteiger partial charge in [0.15, 0.2) is 0 Å². The summed E-state index contributed by atoms with van der Waals surface area (Å²) in [6, 6.07) is 2.33. The van der Waals surface area contributed by atoms with Gasteiger partial charge in [-0.3, -0.25) is 4.98 Å². The van der Waals surface area contributed by atoms with Crippen molar-refractivity contribution in [1.82, 2.24) is 10.3 Å². The number of nitrogens with one attached hydrogen (secondary N) is 1. The SMILES string of the molecule is C=CCCCC(NC)c1ccncc1OC. The average Bonchev–Trinajstić information content (AvgIpc) is 2.35. The van der Waals surface area contributed by atoms with Gasteiger partial charge in [-0.2, -0.15) is 0 Å². The van der Waals surface area contributed by atoms with Gasteiger partial charge in [0.05, 0.1) is 13.3 Å². The van der Waals surface area contributed by atoms with Gasteiger partial charge in [0.25, 0.3) is 0 Å². The number of methoxy groups -OCH3 is 1. The highest BCUT2D eigenvalue weighted by Crippen LogP contribution is 2.26. The molecule has 1 heterocycles. The lowest BCUT2D eigenvalue weighted by atomic mass is 10.0. The zero-order valence-corrected chi connectivity index (χ0v) is 10.1. The monoisotopic (exact) mass is 220 g/mol. The molecule has 1 unspecified atom stereocenters. The van der Waals surface area contributed by atoms with Crippen molar-refractivity contribution in [3.8, 4) is 5.75 Å². The molecule has 88 valence electrons. The summed E-state index contributed by atoms with van der Waals surface area (Å²) in [6.07, 6.45) is 8.76. The van der Waals surface area contributed by atoms with E-state index in [1.54, 1.807) is 19.5 Å². The van der Waals surface area contributed by atoms with E-state index in [-0.39, 0.29) is 0 Å². The molecule has 0 fully saturated rings. The Hall–Kier alpha value is -1.35. The number of unbranched alkanes of at least 4 members (excludes halogenated alkanes) is 1. The molecule has 1 aromatic heterocycles. The van der Waals surface area contributed by atoms with E-state index in [0.717, 1.165) is 25.0 Å². The minimum absolute atomic E-state index is 0.317. The van der Waals surface area contributed by atoms with E-state index in [1.165, 1.54) is 5.56 Å². The fourth-order valence-corrected chi connectivity index (χ4v) is 1.77. The zero-order valence-electron chi connectivity index (χ0n) is 10.1. The Morgan fingerprint density at radius 2 is 2.44 bits per heavy atom. The molecule has 0 spiro atoms. The summed E-state index contributed by atoms with van der Waals surface area (Å²) in [4.78, 5) is 4.06. The average molecular weight is 220 g/mol. The van der Waals surface area contributed by atoms with Crippen molar-refractivity contribution >= 4 is 0 Å². The molecule has 0 saturated heterocycles. The molecule has 3 nitrogen and oxygen atoms in total. The summed E-state index contributed by atoms with van der Waals surface area (Å²) in [5.41, 5.74) is 1.17. The van der Waals surface area contributed by atoms with Crippen molar-refractivity contribution in [2.24, 2.45) is 0 Å². The van der Waals surface area contributed by atoms with Gasteiger partial charge in [0.2, 0.25) is 0 Å². The van der Waals surface area contributed by atoms with Gasteiger partial charge in [-0.15, -0.1) is 6.58 Å². The van der Waals surface area contributed by atoms with E-state index in [1.807, 2.05) is 19.2 Å². The zero-order chi connectivity index (χ0) is 11.8. The predicted molar refractivity (Wildman–Crippen MR) is 66.6 cm³/mol. The van der Waals surface area contributed by atoms with Crippen LogP contribution in [0.15, 0.2) is 31.1 Å².